The van der Waals surface area contributed by atoms with E-state index in [0.29, 0.717) is 11.5 Å². The molecule has 1 heterocycles. The van der Waals surface area contributed by atoms with Crippen LogP contribution in [0.15, 0.2) is 65.1 Å². The van der Waals surface area contributed by atoms with E-state index in [2.05, 4.69) is 20.9 Å². The van der Waals surface area contributed by atoms with Crippen molar-refractivity contribution in [3.8, 4) is 0 Å². The maximum absolute atomic E-state index is 12.2. The quantitative estimate of drug-likeness (QED) is 0.655. The number of rotatable bonds is 2. The van der Waals surface area contributed by atoms with Crippen LogP contribution in [0.1, 0.15) is 0 Å². The largest absolute Gasteiger partial charge is 0.452 e. The van der Waals surface area contributed by atoms with Crippen LogP contribution in [0.2, 0.25) is 0 Å². The smallest absolute Gasteiger partial charge is 0.419 e. The van der Waals surface area contributed by atoms with E-state index >= 15 is 0 Å². The summed E-state index contributed by atoms with van der Waals surface area (Å²) in [4.78, 5) is 18.2. The minimum atomic E-state index is -0.481. The number of benzene rings is 2. The number of carbonyl (C=O) groups is 1. The molecule has 22 heavy (non-hydrogen) atoms. The highest BCUT2D eigenvalue weighted by Crippen LogP contribution is 2.29. The molecule has 0 aliphatic heterocycles. The molecule has 3 aromatic rings. The van der Waals surface area contributed by atoms with Crippen molar-refractivity contribution in [2.24, 2.45) is 0 Å². The lowest BCUT2D eigenvalue weighted by Crippen LogP contribution is -2.26. The molecule has 5 heteroatoms. The van der Waals surface area contributed by atoms with Gasteiger partial charge in [-0.1, -0.05) is 30.3 Å². The Morgan fingerprint density at radius 2 is 1.82 bits per heavy atom. The number of carbonyl (C=O) groups excluding carboxylic acids is 1. The van der Waals surface area contributed by atoms with Gasteiger partial charge in [0.25, 0.3) is 0 Å². The summed E-state index contributed by atoms with van der Waals surface area (Å²) in [5.74, 6) is 0.512. The number of hydrogen-bond donors (Lipinski definition) is 0. The van der Waals surface area contributed by atoms with Crippen LogP contribution in [0.25, 0.3) is 10.9 Å². The van der Waals surface area contributed by atoms with Gasteiger partial charge in [-0.05, 0) is 46.3 Å². The summed E-state index contributed by atoms with van der Waals surface area (Å²) in [6, 6.07) is 18.9. The van der Waals surface area contributed by atoms with Gasteiger partial charge in [0, 0.05) is 9.86 Å². The van der Waals surface area contributed by atoms with Crippen LogP contribution < -0.4 is 4.90 Å². The molecule has 0 saturated heterocycles. The van der Waals surface area contributed by atoms with Gasteiger partial charge in [-0.3, -0.25) is 0 Å². The van der Waals surface area contributed by atoms with E-state index in [1.165, 1.54) is 12.0 Å². The first-order valence-electron chi connectivity index (χ1n) is 6.69. The summed E-state index contributed by atoms with van der Waals surface area (Å²) in [5, 5.41) is 0.996. The predicted molar refractivity (Wildman–Crippen MR) is 90.4 cm³/mol. The lowest BCUT2D eigenvalue weighted by atomic mass is 10.2. The standard InChI is InChI=1S/C17H13BrN2O2/c1-22-17(21)20(13-7-3-2-4-8-13)15-11-10-12-6-5-9-14(18)16(12)19-15/h2-11H,1H3. The van der Waals surface area contributed by atoms with E-state index in [-0.39, 0.29) is 0 Å². The second-order valence-corrected chi connectivity index (χ2v) is 5.48. The SMILES string of the molecule is COC(=O)N(c1ccccc1)c1ccc2cccc(Br)c2n1. The first-order chi connectivity index (χ1) is 10.7. The topological polar surface area (TPSA) is 42.4 Å². The predicted octanol–water partition coefficient (Wildman–Crippen LogP) is 4.90. The molecule has 0 bridgehead atoms. The van der Waals surface area contributed by atoms with Gasteiger partial charge >= 0.3 is 6.09 Å². The molecule has 4 nitrogen and oxygen atoms in total. The zero-order valence-electron chi connectivity index (χ0n) is 11.9. The summed E-state index contributed by atoms with van der Waals surface area (Å²) in [6.45, 7) is 0. The number of amides is 1. The van der Waals surface area contributed by atoms with Crippen LogP contribution >= 0.6 is 15.9 Å². The third-order valence-electron chi connectivity index (χ3n) is 3.26. The van der Waals surface area contributed by atoms with E-state index in [1.807, 2.05) is 54.6 Å². The molecule has 0 aliphatic carbocycles. The van der Waals surface area contributed by atoms with E-state index < -0.39 is 6.09 Å². The minimum absolute atomic E-state index is 0.481. The molecule has 0 atom stereocenters. The van der Waals surface area contributed by atoms with Crippen molar-refractivity contribution in [2.75, 3.05) is 12.0 Å². The number of para-hydroxylation sites is 2. The number of nitrogens with zero attached hydrogens (tertiary/aromatic N) is 2. The van der Waals surface area contributed by atoms with Crippen LogP contribution in [0.3, 0.4) is 0 Å². The van der Waals surface area contributed by atoms with Crippen LogP contribution in [0, 0.1) is 0 Å². The number of ether oxygens (including phenoxy) is 1. The van der Waals surface area contributed by atoms with E-state index in [4.69, 9.17) is 4.74 Å². The van der Waals surface area contributed by atoms with Crippen molar-refractivity contribution < 1.29 is 9.53 Å². The maximum atomic E-state index is 12.2. The summed E-state index contributed by atoms with van der Waals surface area (Å²) >= 11 is 3.49. The van der Waals surface area contributed by atoms with Gasteiger partial charge in [0.15, 0.2) is 0 Å². The molecule has 1 amide bonds. The molecule has 110 valence electrons. The highest BCUT2D eigenvalue weighted by atomic mass is 79.9. The molecule has 2 aromatic carbocycles. The average Bonchev–Trinajstić information content (AvgIpc) is 2.56. The van der Waals surface area contributed by atoms with Gasteiger partial charge in [-0.25, -0.2) is 14.7 Å². The first-order valence-corrected chi connectivity index (χ1v) is 7.48. The monoisotopic (exact) mass is 356 g/mol. The van der Waals surface area contributed by atoms with Crippen molar-refractivity contribution in [1.29, 1.82) is 0 Å². The van der Waals surface area contributed by atoms with Crippen LogP contribution in [-0.4, -0.2) is 18.2 Å². The normalized spacial score (nSPS) is 10.5. The number of methoxy groups -OCH3 is 1. The van der Waals surface area contributed by atoms with Gasteiger partial charge in [0.05, 0.1) is 18.3 Å². The zero-order valence-corrected chi connectivity index (χ0v) is 13.4. The Morgan fingerprint density at radius 3 is 2.55 bits per heavy atom. The third-order valence-corrected chi connectivity index (χ3v) is 3.90. The van der Waals surface area contributed by atoms with Crippen LogP contribution in [0.5, 0.6) is 0 Å². The minimum Gasteiger partial charge on any atom is -0.452 e. The fourth-order valence-electron chi connectivity index (χ4n) is 2.22. The summed E-state index contributed by atoms with van der Waals surface area (Å²) in [6.07, 6.45) is -0.481. The highest BCUT2D eigenvalue weighted by molar-refractivity contribution is 9.10. The fraction of sp³-hybridized carbons (Fsp3) is 0.0588. The molecular formula is C17H13BrN2O2. The molecule has 0 saturated carbocycles. The Bertz CT molecular complexity index is 821. The lowest BCUT2D eigenvalue weighted by molar-refractivity contribution is 0.181. The fourth-order valence-corrected chi connectivity index (χ4v) is 2.69. The third kappa shape index (κ3) is 2.67. The molecule has 0 spiro atoms. The average molecular weight is 357 g/mol. The summed E-state index contributed by atoms with van der Waals surface area (Å²) in [7, 11) is 1.36. The number of hydrogen-bond acceptors (Lipinski definition) is 3. The van der Waals surface area contributed by atoms with Crippen molar-refractivity contribution in [1.82, 2.24) is 4.98 Å². The molecule has 0 fully saturated rings. The molecular weight excluding hydrogens is 344 g/mol. The second kappa shape index (κ2) is 6.15. The van der Waals surface area contributed by atoms with Crippen molar-refractivity contribution in [3.05, 3.63) is 65.1 Å². The van der Waals surface area contributed by atoms with E-state index in [0.717, 1.165) is 15.4 Å². The number of anilines is 2. The Balaban J connectivity index is 2.16. The van der Waals surface area contributed by atoms with Crippen molar-refractivity contribution in [3.63, 3.8) is 0 Å². The number of aromatic nitrogens is 1. The molecule has 3 rings (SSSR count). The van der Waals surface area contributed by atoms with Gasteiger partial charge in [0.1, 0.15) is 5.82 Å². The second-order valence-electron chi connectivity index (χ2n) is 4.62. The van der Waals surface area contributed by atoms with Crippen LogP contribution in [0.4, 0.5) is 16.3 Å². The molecule has 0 aliphatic rings. The Hall–Kier alpha value is -2.40. The zero-order chi connectivity index (χ0) is 15.5. The summed E-state index contributed by atoms with van der Waals surface area (Å²) < 4.78 is 5.78. The van der Waals surface area contributed by atoms with Crippen molar-refractivity contribution in [2.45, 2.75) is 0 Å². The van der Waals surface area contributed by atoms with E-state index in [1.54, 1.807) is 6.07 Å². The molecule has 0 radical (unpaired) electrons. The number of fused-ring (bicyclic) bond motifs is 1. The van der Waals surface area contributed by atoms with Crippen LogP contribution in [-0.2, 0) is 4.74 Å². The van der Waals surface area contributed by atoms with E-state index in [9.17, 15) is 4.79 Å². The highest BCUT2D eigenvalue weighted by Gasteiger charge is 2.20. The Kier molecular flexibility index (Phi) is 4.06. The van der Waals surface area contributed by atoms with Gasteiger partial charge in [-0.2, -0.15) is 0 Å². The molecule has 1 aromatic heterocycles. The van der Waals surface area contributed by atoms with Gasteiger partial charge in [-0.15, -0.1) is 0 Å². The van der Waals surface area contributed by atoms with Gasteiger partial charge < -0.3 is 4.74 Å². The Labute approximate surface area is 136 Å². The molecule has 0 N–H and O–H groups in total. The maximum Gasteiger partial charge on any atom is 0.419 e. The molecule has 0 unspecified atom stereocenters. The summed E-state index contributed by atoms with van der Waals surface area (Å²) in [5.41, 5.74) is 1.50. The number of pyridine rings is 1. The number of halogens is 1. The lowest BCUT2D eigenvalue weighted by Gasteiger charge is -2.20. The van der Waals surface area contributed by atoms with Gasteiger partial charge in [0.2, 0.25) is 0 Å². The first kappa shape index (κ1) is 14.5. The van der Waals surface area contributed by atoms with Crippen molar-refractivity contribution >= 4 is 44.4 Å². The Morgan fingerprint density at radius 1 is 1.05 bits per heavy atom.